The number of hydrogen-bond acceptors (Lipinski definition) is 3. The Labute approximate surface area is 276 Å². The minimum atomic E-state index is 0.696. The van der Waals surface area contributed by atoms with Crippen molar-refractivity contribution in [2.75, 3.05) is 0 Å². The van der Waals surface area contributed by atoms with Crippen molar-refractivity contribution in [3.05, 3.63) is 164 Å². The number of benzene rings is 7. The first kappa shape index (κ1) is 26.7. The summed E-state index contributed by atoms with van der Waals surface area (Å²) in [4.78, 5) is 10.1. The van der Waals surface area contributed by atoms with Crippen LogP contribution in [0.4, 0.5) is 0 Å². The Kier molecular flexibility index (Phi) is 5.84. The van der Waals surface area contributed by atoms with Crippen LogP contribution in [0.3, 0.4) is 0 Å². The fourth-order valence-corrected chi connectivity index (χ4v) is 7.05. The molecule has 0 saturated heterocycles. The highest BCUT2D eigenvalue weighted by Crippen LogP contribution is 2.40. The maximum atomic E-state index is 6.34. The zero-order valence-electron chi connectivity index (χ0n) is 25.8. The first-order valence-electron chi connectivity index (χ1n) is 16.2. The van der Waals surface area contributed by atoms with Gasteiger partial charge < -0.3 is 8.98 Å². The van der Waals surface area contributed by atoms with E-state index in [4.69, 9.17) is 14.4 Å². The molecule has 0 aliphatic heterocycles. The molecule has 0 radical (unpaired) electrons. The molecule has 0 aliphatic carbocycles. The molecule has 4 heteroatoms. The Morgan fingerprint density at radius 1 is 0.396 bits per heavy atom. The molecule has 0 atom stereocenters. The number of nitrogens with zero attached hydrogens (tertiary/aromatic N) is 3. The van der Waals surface area contributed by atoms with E-state index in [9.17, 15) is 0 Å². The van der Waals surface area contributed by atoms with Crippen LogP contribution in [-0.2, 0) is 0 Å². The van der Waals surface area contributed by atoms with Gasteiger partial charge in [-0.25, -0.2) is 9.97 Å². The van der Waals surface area contributed by atoms with Crippen molar-refractivity contribution in [1.29, 1.82) is 0 Å². The molecule has 10 aromatic rings. The highest BCUT2D eigenvalue weighted by Gasteiger charge is 2.18. The van der Waals surface area contributed by atoms with Gasteiger partial charge in [0, 0.05) is 43.9 Å². The Morgan fingerprint density at radius 2 is 0.979 bits per heavy atom. The van der Waals surface area contributed by atoms with E-state index in [0.717, 1.165) is 72.1 Å². The highest BCUT2D eigenvalue weighted by molar-refractivity contribution is 6.19. The Hall–Kier alpha value is -6.52. The lowest BCUT2D eigenvalue weighted by atomic mass is 10.1. The van der Waals surface area contributed by atoms with E-state index in [-0.39, 0.29) is 0 Å². The van der Waals surface area contributed by atoms with E-state index >= 15 is 0 Å². The van der Waals surface area contributed by atoms with E-state index in [2.05, 4.69) is 120 Å². The maximum absolute atomic E-state index is 6.34. The van der Waals surface area contributed by atoms with Gasteiger partial charge in [-0.1, -0.05) is 103 Å². The van der Waals surface area contributed by atoms with E-state index in [1.807, 2.05) is 48.5 Å². The number of aromatic nitrogens is 3. The van der Waals surface area contributed by atoms with Gasteiger partial charge in [0.25, 0.3) is 0 Å². The van der Waals surface area contributed by atoms with Gasteiger partial charge in [0.05, 0.1) is 22.4 Å². The van der Waals surface area contributed by atoms with E-state index in [0.29, 0.717) is 5.82 Å². The van der Waals surface area contributed by atoms with E-state index < -0.39 is 0 Å². The van der Waals surface area contributed by atoms with Gasteiger partial charge in [-0.15, -0.1) is 0 Å². The summed E-state index contributed by atoms with van der Waals surface area (Å²) in [6.45, 7) is 0. The van der Waals surface area contributed by atoms with Crippen molar-refractivity contribution >= 4 is 54.5 Å². The van der Waals surface area contributed by atoms with Crippen molar-refractivity contribution < 1.29 is 4.42 Å². The third-order valence-corrected chi connectivity index (χ3v) is 9.38. The molecular weight excluding hydrogens is 587 g/mol. The number of rotatable bonds is 4. The van der Waals surface area contributed by atoms with Gasteiger partial charge in [-0.2, -0.15) is 0 Å². The molecule has 0 saturated carbocycles. The average molecular weight is 614 g/mol. The van der Waals surface area contributed by atoms with Crippen molar-refractivity contribution in [3.8, 4) is 39.6 Å². The summed E-state index contributed by atoms with van der Waals surface area (Å²) in [7, 11) is 0. The Morgan fingerprint density at radius 3 is 1.69 bits per heavy atom. The maximum Gasteiger partial charge on any atom is 0.160 e. The molecule has 3 aromatic heterocycles. The number of fused-ring (bicyclic) bond motifs is 7. The summed E-state index contributed by atoms with van der Waals surface area (Å²) in [6.07, 6.45) is 0. The van der Waals surface area contributed by atoms with Crippen LogP contribution in [0.2, 0.25) is 0 Å². The Bertz CT molecular complexity index is 2760. The summed E-state index contributed by atoms with van der Waals surface area (Å²) >= 11 is 0. The minimum absolute atomic E-state index is 0.696. The molecule has 10 rings (SSSR count). The second kappa shape index (κ2) is 10.5. The van der Waals surface area contributed by atoms with Crippen molar-refractivity contribution in [2.45, 2.75) is 0 Å². The lowest BCUT2D eigenvalue weighted by molar-refractivity contribution is 0.669. The quantitative estimate of drug-likeness (QED) is 0.198. The fraction of sp³-hybridized carbons (Fsp3) is 0. The third-order valence-electron chi connectivity index (χ3n) is 9.38. The van der Waals surface area contributed by atoms with E-state index in [1.165, 1.54) is 16.2 Å². The van der Waals surface area contributed by atoms with Gasteiger partial charge in [-0.05, 0) is 71.4 Å². The molecule has 3 heterocycles. The number of para-hydroxylation sites is 1. The smallest absolute Gasteiger partial charge is 0.160 e. The molecule has 0 fully saturated rings. The van der Waals surface area contributed by atoms with Crippen LogP contribution >= 0.6 is 0 Å². The van der Waals surface area contributed by atoms with Gasteiger partial charge in [0.2, 0.25) is 0 Å². The summed E-state index contributed by atoms with van der Waals surface area (Å²) in [5.74, 6) is 0.696. The highest BCUT2D eigenvalue weighted by atomic mass is 16.3. The monoisotopic (exact) mass is 613 g/mol. The first-order valence-corrected chi connectivity index (χ1v) is 16.2. The van der Waals surface area contributed by atoms with Gasteiger partial charge in [0.1, 0.15) is 11.2 Å². The zero-order valence-corrected chi connectivity index (χ0v) is 25.8. The van der Waals surface area contributed by atoms with Crippen molar-refractivity contribution in [1.82, 2.24) is 14.5 Å². The summed E-state index contributed by atoms with van der Waals surface area (Å²) in [6, 6.07) is 57.3. The summed E-state index contributed by atoms with van der Waals surface area (Å²) < 4.78 is 8.71. The van der Waals surface area contributed by atoms with Crippen LogP contribution in [0.5, 0.6) is 0 Å². The molecule has 224 valence electrons. The molecule has 0 aliphatic rings. The van der Waals surface area contributed by atoms with Crippen LogP contribution in [0.25, 0.3) is 94.1 Å². The normalized spacial score (nSPS) is 11.8. The van der Waals surface area contributed by atoms with Crippen LogP contribution in [0.15, 0.2) is 168 Å². The lowest BCUT2D eigenvalue weighted by Gasteiger charge is -2.11. The van der Waals surface area contributed by atoms with Crippen LogP contribution in [0.1, 0.15) is 0 Å². The molecule has 0 spiro atoms. The zero-order chi connectivity index (χ0) is 31.6. The molecule has 4 nitrogen and oxygen atoms in total. The third kappa shape index (κ3) is 4.24. The number of hydrogen-bond donors (Lipinski definition) is 0. The average Bonchev–Trinajstić information content (AvgIpc) is 3.67. The Balaban J connectivity index is 1.18. The lowest BCUT2D eigenvalue weighted by Crippen LogP contribution is -1.97. The van der Waals surface area contributed by atoms with Gasteiger partial charge in [0.15, 0.2) is 5.82 Å². The van der Waals surface area contributed by atoms with Crippen LogP contribution in [-0.4, -0.2) is 14.5 Å². The summed E-state index contributed by atoms with van der Waals surface area (Å²) in [5.41, 5.74) is 10.0. The molecule has 0 amide bonds. The van der Waals surface area contributed by atoms with Gasteiger partial charge in [-0.3, -0.25) is 0 Å². The SMILES string of the molecule is c1ccc(-c2cc(-c3ccccc3)nc(-c3ccc(-n4c5cc6ccccc6cc5c5cc6oc7ccccc7c6cc54)cc3)n2)cc1. The fourth-order valence-electron chi connectivity index (χ4n) is 7.05. The largest absolute Gasteiger partial charge is 0.456 e. The van der Waals surface area contributed by atoms with Crippen LogP contribution in [0, 0.1) is 0 Å². The molecule has 0 N–H and O–H groups in total. The molecule has 7 aromatic carbocycles. The van der Waals surface area contributed by atoms with E-state index in [1.54, 1.807) is 0 Å². The summed E-state index contributed by atoms with van der Waals surface area (Å²) in [5, 5.41) is 7.02. The minimum Gasteiger partial charge on any atom is -0.456 e. The predicted octanol–water partition coefficient (Wildman–Crippen LogP) is 11.6. The second-order valence-electron chi connectivity index (χ2n) is 12.3. The topological polar surface area (TPSA) is 43.9 Å². The molecule has 0 unspecified atom stereocenters. The van der Waals surface area contributed by atoms with Crippen LogP contribution < -0.4 is 0 Å². The second-order valence-corrected chi connectivity index (χ2v) is 12.3. The van der Waals surface area contributed by atoms with Gasteiger partial charge >= 0.3 is 0 Å². The predicted molar refractivity (Wildman–Crippen MR) is 197 cm³/mol. The molecular formula is C44H27N3O. The number of furan rings is 1. The van der Waals surface area contributed by atoms with Crippen molar-refractivity contribution in [3.63, 3.8) is 0 Å². The molecule has 0 bridgehead atoms. The molecule has 48 heavy (non-hydrogen) atoms. The standard InChI is InChI=1S/C44H27N3O/c1-3-11-28(12-4-1)38-27-39(29-13-5-2-6-14-29)46-44(45-38)30-19-21-33(22-20-30)47-40-24-32-16-8-7-15-31(32)23-35(40)36-26-43-37(25-41(36)47)34-17-9-10-18-42(34)48-43/h1-27H. The first-order chi connectivity index (χ1) is 23.8. The van der Waals surface area contributed by atoms with Crippen molar-refractivity contribution in [2.24, 2.45) is 0 Å².